The second kappa shape index (κ2) is 7.92. The Bertz CT molecular complexity index is 970. The van der Waals surface area contributed by atoms with Crippen LogP contribution in [0.2, 0.25) is 0 Å². The van der Waals surface area contributed by atoms with Gasteiger partial charge in [-0.05, 0) is 61.4 Å². The molecule has 3 aromatic rings. The highest BCUT2D eigenvalue weighted by molar-refractivity contribution is 7.22. The standard InChI is InChI=1S/C21H22N2O2S2/c1-14-11-15(2)20-18(12-14)22-21(27-20)23(13-16-5-3-9-25-16)19(24)8-7-17-6-4-10-26-17/h4,6-8,10-12,16H,3,5,9,13H2,1-2H3/b8-7+. The van der Waals surface area contributed by atoms with Crippen LogP contribution in [0.1, 0.15) is 28.8 Å². The average molecular weight is 399 g/mol. The van der Waals surface area contributed by atoms with Crippen molar-refractivity contribution in [3.63, 3.8) is 0 Å². The molecule has 27 heavy (non-hydrogen) atoms. The molecule has 2 aromatic heterocycles. The predicted molar refractivity (Wildman–Crippen MR) is 114 cm³/mol. The first-order valence-electron chi connectivity index (χ1n) is 9.12. The van der Waals surface area contributed by atoms with Crippen molar-refractivity contribution in [2.24, 2.45) is 0 Å². The van der Waals surface area contributed by atoms with E-state index in [9.17, 15) is 4.79 Å². The van der Waals surface area contributed by atoms with E-state index < -0.39 is 0 Å². The number of carbonyl (C=O) groups excluding carboxylic acids is 1. The molecule has 1 aromatic carbocycles. The smallest absolute Gasteiger partial charge is 0.252 e. The summed E-state index contributed by atoms with van der Waals surface area (Å²) in [6.07, 6.45) is 5.64. The first-order chi connectivity index (χ1) is 13.1. The number of benzene rings is 1. The molecule has 4 nitrogen and oxygen atoms in total. The minimum Gasteiger partial charge on any atom is -0.376 e. The third kappa shape index (κ3) is 4.13. The molecule has 0 N–H and O–H groups in total. The summed E-state index contributed by atoms with van der Waals surface area (Å²) in [5.74, 6) is -0.0488. The van der Waals surface area contributed by atoms with E-state index >= 15 is 0 Å². The van der Waals surface area contributed by atoms with Crippen LogP contribution in [-0.4, -0.2) is 30.1 Å². The lowest BCUT2D eigenvalue weighted by atomic mass is 10.1. The molecule has 0 spiro atoms. The molecule has 6 heteroatoms. The van der Waals surface area contributed by atoms with Crippen LogP contribution in [0.15, 0.2) is 35.7 Å². The second-order valence-electron chi connectivity index (χ2n) is 6.86. The van der Waals surface area contributed by atoms with E-state index in [1.165, 1.54) is 11.1 Å². The van der Waals surface area contributed by atoms with Gasteiger partial charge in [0.2, 0.25) is 0 Å². The maximum atomic E-state index is 13.0. The summed E-state index contributed by atoms with van der Waals surface area (Å²) in [5.41, 5.74) is 3.35. The molecule has 3 heterocycles. The number of rotatable bonds is 5. The number of carbonyl (C=O) groups is 1. The lowest BCUT2D eigenvalue weighted by molar-refractivity contribution is -0.114. The summed E-state index contributed by atoms with van der Waals surface area (Å²) in [7, 11) is 0. The van der Waals surface area contributed by atoms with Gasteiger partial charge in [-0.3, -0.25) is 9.69 Å². The summed E-state index contributed by atoms with van der Waals surface area (Å²) in [6.45, 7) is 5.49. The van der Waals surface area contributed by atoms with Crippen LogP contribution in [-0.2, 0) is 9.53 Å². The van der Waals surface area contributed by atoms with Crippen molar-refractivity contribution in [3.05, 3.63) is 51.7 Å². The molecule has 1 amide bonds. The Hall–Kier alpha value is -2.02. The monoisotopic (exact) mass is 398 g/mol. The maximum Gasteiger partial charge on any atom is 0.252 e. The minimum atomic E-state index is -0.0488. The largest absolute Gasteiger partial charge is 0.376 e. The molecular formula is C21H22N2O2S2. The van der Waals surface area contributed by atoms with Crippen LogP contribution in [0, 0.1) is 13.8 Å². The number of thiazole rings is 1. The second-order valence-corrected chi connectivity index (χ2v) is 8.82. The Morgan fingerprint density at radius 1 is 1.41 bits per heavy atom. The van der Waals surface area contributed by atoms with E-state index in [4.69, 9.17) is 9.72 Å². The molecule has 1 aliphatic heterocycles. The number of ether oxygens (including phenoxy) is 1. The maximum absolute atomic E-state index is 13.0. The Labute approximate surface area is 167 Å². The molecule has 1 aliphatic rings. The summed E-state index contributed by atoms with van der Waals surface area (Å²) >= 11 is 3.20. The minimum absolute atomic E-state index is 0.0488. The van der Waals surface area contributed by atoms with E-state index in [2.05, 4.69) is 26.0 Å². The van der Waals surface area contributed by atoms with Crippen LogP contribution < -0.4 is 4.90 Å². The quantitative estimate of drug-likeness (QED) is 0.555. The van der Waals surface area contributed by atoms with E-state index in [0.29, 0.717) is 6.54 Å². The fraction of sp³-hybridized carbons (Fsp3) is 0.333. The summed E-state index contributed by atoms with van der Waals surface area (Å²) in [4.78, 5) is 20.6. The Morgan fingerprint density at radius 2 is 2.30 bits per heavy atom. The number of nitrogens with zero attached hydrogens (tertiary/aromatic N) is 2. The highest BCUT2D eigenvalue weighted by atomic mass is 32.1. The zero-order valence-electron chi connectivity index (χ0n) is 15.5. The fourth-order valence-electron chi connectivity index (χ4n) is 3.36. The number of amides is 1. The molecule has 0 bridgehead atoms. The first kappa shape index (κ1) is 18.3. The molecule has 1 saturated heterocycles. The van der Waals surface area contributed by atoms with Gasteiger partial charge in [-0.2, -0.15) is 0 Å². The van der Waals surface area contributed by atoms with Gasteiger partial charge in [0.15, 0.2) is 5.13 Å². The lowest BCUT2D eigenvalue weighted by Crippen LogP contribution is -2.36. The van der Waals surface area contributed by atoms with Crippen molar-refractivity contribution in [2.45, 2.75) is 32.8 Å². The number of anilines is 1. The van der Waals surface area contributed by atoms with Gasteiger partial charge >= 0.3 is 0 Å². The number of thiophene rings is 1. The summed E-state index contributed by atoms with van der Waals surface area (Å²) in [6, 6.07) is 8.23. The SMILES string of the molecule is Cc1cc(C)c2sc(N(CC3CCCO3)C(=O)/C=C/c3cccs3)nc2c1. The molecule has 0 radical (unpaired) electrons. The van der Waals surface area contributed by atoms with Gasteiger partial charge in [0.25, 0.3) is 5.91 Å². The topological polar surface area (TPSA) is 42.4 Å². The lowest BCUT2D eigenvalue weighted by Gasteiger charge is -2.21. The summed E-state index contributed by atoms with van der Waals surface area (Å²) in [5, 5.41) is 2.75. The third-order valence-corrected chi connectivity index (χ3v) is 6.72. The third-order valence-electron chi connectivity index (χ3n) is 4.65. The number of hydrogen-bond donors (Lipinski definition) is 0. The van der Waals surface area contributed by atoms with Gasteiger partial charge < -0.3 is 4.74 Å². The van der Waals surface area contributed by atoms with Gasteiger partial charge in [0.1, 0.15) is 0 Å². The molecular weight excluding hydrogens is 376 g/mol. The van der Waals surface area contributed by atoms with Gasteiger partial charge in [0, 0.05) is 17.6 Å². The Kier molecular flexibility index (Phi) is 5.38. The fourth-order valence-corrected chi connectivity index (χ4v) is 5.01. The van der Waals surface area contributed by atoms with Crippen LogP contribution in [0.5, 0.6) is 0 Å². The van der Waals surface area contributed by atoms with Crippen molar-refractivity contribution in [1.29, 1.82) is 0 Å². The number of aryl methyl sites for hydroxylation is 2. The number of fused-ring (bicyclic) bond motifs is 1. The molecule has 0 aliphatic carbocycles. The molecule has 1 fully saturated rings. The Balaban J connectivity index is 1.66. The van der Waals surface area contributed by atoms with Crippen LogP contribution in [0.25, 0.3) is 16.3 Å². The van der Waals surface area contributed by atoms with Gasteiger partial charge in [0.05, 0.1) is 22.9 Å². The zero-order valence-corrected chi connectivity index (χ0v) is 17.1. The van der Waals surface area contributed by atoms with E-state index in [0.717, 1.165) is 39.7 Å². The number of hydrogen-bond acceptors (Lipinski definition) is 5. The molecule has 1 atom stereocenters. The highest BCUT2D eigenvalue weighted by Gasteiger charge is 2.25. The Morgan fingerprint density at radius 3 is 3.04 bits per heavy atom. The molecule has 140 valence electrons. The van der Waals surface area contributed by atoms with E-state index in [1.807, 2.05) is 23.6 Å². The predicted octanol–water partition coefficient (Wildman–Crippen LogP) is 5.20. The van der Waals surface area contributed by atoms with Gasteiger partial charge in [-0.1, -0.05) is 23.5 Å². The van der Waals surface area contributed by atoms with Crippen molar-refractivity contribution < 1.29 is 9.53 Å². The molecule has 0 saturated carbocycles. The first-order valence-corrected chi connectivity index (χ1v) is 10.8. The highest BCUT2D eigenvalue weighted by Crippen LogP contribution is 2.33. The molecule has 4 rings (SSSR count). The van der Waals surface area contributed by atoms with Crippen LogP contribution in [0.3, 0.4) is 0 Å². The van der Waals surface area contributed by atoms with E-state index in [-0.39, 0.29) is 12.0 Å². The normalized spacial score (nSPS) is 17.2. The van der Waals surface area contributed by atoms with Crippen molar-refractivity contribution in [2.75, 3.05) is 18.1 Å². The van der Waals surface area contributed by atoms with Crippen LogP contribution >= 0.6 is 22.7 Å². The van der Waals surface area contributed by atoms with E-state index in [1.54, 1.807) is 33.6 Å². The number of aromatic nitrogens is 1. The van der Waals surface area contributed by atoms with Crippen LogP contribution in [0.4, 0.5) is 5.13 Å². The summed E-state index contributed by atoms with van der Waals surface area (Å²) < 4.78 is 6.92. The molecule has 1 unspecified atom stereocenters. The van der Waals surface area contributed by atoms with Crippen molar-refractivity contribution in [3.8, 4) is 0 Å². The van der Waals surface area contributed by atoms with Crippen molar-refractivity contribution >= 4 is 50.0 Å². The average Bonchev–Trinajstić information content (AvgIpc) is 3.38. The van der Waals surface area contributed by atoms with Crippen molar-refractivity contribution in [1.82, 2.24) is 4.98 Å². The zero-order chi connectivity index (χ0) is 18.8. The van der Waals surface area contributed by atoms with Gasteiger partial charge in [-0.15, -0.1) is 11.3 Å². The van der Waals surface area contributed by atoms with Gasteiger partial charge in [-0.25, -0.2) is 4.98 Å².